The van der Waals surface area contributed by atoms with Crippen molar-refractivity contribution in [3.63, 3.8) is 0 Å². The summed E-state index contributed by atoms with van der Waals surface area (Å²) >= 11 is 0. The minimum absolute atomic E-state index is 0.309. The molecule has 0 aliphatic heterocycles. The standard InChI is InChI=1S/C10H10F3NO3/c1-17-7-4-2-6(3-5-7)9(14,8(15)16)10(11,12)13/h2-5H,14H2,1H3,(H,15,16)/t9-/m1/s1. The Bertz CT molecular complexity index is 416. The van der Waals surface area contributed by atoms with Crippen LogP contribution in [0.15, 0.2) is 24.3 Å². The Kier molecular flexibility index (Phi) is 3.33. The van der Waals surface area contributed by atoms with E-state index in [1.54, 1.807) is 0 Å². The van der Waals surface area contributed by atoms with E-state index >= 15 is 0 Å². The molecule has 1 aromatic rings. The fourth-order valence-corrected chi connectivity index (χ4v) is 1.26. The molecule has 7 heteroatoms. The number of benzene rings is 1. The molecule has 0 heterocycles. The first kappa shape index (κ1) is 13.3. The SMILES string of the molecule is COc1ccc([C@@](N)(C(=O)O)C(F)(F)F)cc1. The van der Waals surface area contributed by atoms with Gasteiger partial charge in [-0.15, -0.1) is 0 Å². The Morgan fingerprint density at radius 2 is 1.76 bits per heavy atom. The van der Waals surface area contributed by atoms with Gasteiger partial charge in [0.05, 0.1) is 7.11 Å². The van der Waals surface area contributed by atoms with E-state index in [1.807, 2.05) is 0 Å². The molecule has 94 valence electrons. The van der Waals surface area contributed by atoms with Crippen LogP contribution in [0, 0.1) is 0 Å². The van der Waals surface area contributed by atoms with Gasteiger partial charge in [-0.25, -0.2) is 4.79 Å². The average molecular weight is 249 g/mol. The zero-order chi connectivity index (χ0) is 13.3. The largest absolute Gasteiger partial charge is 0.497 e. The number of hydrogen-bond donors (Lipinski definition) is 2. The van der Waals surface area contributed by atoms with E-state index in [9.17, 15) is 18.0 Å². The van der Waals surface area contributed by atoms with Gasteiger partial charge in [0.15, 0.2) is 0 Å². The van der Waals surface area contributed by atoms with E-state index in [2.05, 4.69) is 0 Å². The highest BCUT2D eigenvalue weighted by atomic mass is 19.4. The molecule has 1 aromatic carbocycles. The molecule has 3 N–H and O–H groups in total. The Morgan fingerprint density at radius 1 is 1.29 bits per heavy atom. The molecule has 1 rings (SSSR count). The molecule has 0 fully saturated rings. The number of ether oxygens (including phenoxy) is 1. The van der Waals surface area contributed by atoms with Crippen LogP contribution in [0.3, 0.4) is 0 Å². The van der Waals surface area contributed by atoms with Crippen LogP contribution in [-0.2, 0) is 10.3 Å². The first-order valence-corrected chi connectivity index (χ1v) is 4.47. The molecule has 17 heavy (non-hydrogen) atoms. The summed E-state index contributed by atoms with van der Waals surface area (Å²) in [5, 5.41) is 8.67. The number of aliphatic carboxylic acids is 1. The summed E-state index contributed by atoms with van der Waals surface area (Å²) in [6, 6.07) is 4.37. The third kappa shape index (κ3) is 2.19. The summed E-state index contributed by atoms with van der Waals surface area (Å²) in [6.07, 6.45) is -5.09. The molecule has 0 saturated carbocycles. The molecule has 0 aliphatic carbocycles. The lowest BCUT2D eigenvalue weighted by Gasteiger charge is -2.27. The third-order valence-electron chi connectivity index (χ3n) is 2.33. The van der Waals surface area contributed by atoms with Crippen LogP contribution < -0.4 is 10.5 Å². The Labute approximate surface area is 94.8 Å². The molecule has 0 aliphatic rings. The zero-order valence-corrected chi connectivity index (χ0v) is 8.78. The van der Waals surface area contributed by atoms with E-state index in [4.69, 9.17) is 15.6 Å². The van der Waals surface area contributed by atoms with Gasteiger partial charge in [0.2, 0.25) is 5.54 Å². The first-order chi connectivity index (χ1) is 7.73. The number of nitrogens with two attached hydrogens (primary N) is 1. The first-order valence-electron chi connectivity index (χ1n) is 4.47. The van der Waals surface area contributed by atoms with Crippen LogP contribution >= 0.6 is 0 Å². The molecule has 0 radical (unpaired) electrons. The summed E-state index contributed by atoms with van der Waals surface area (Å²) in [6.45, 7) is 0. The van der Waals surface area contributed by atoms with Crippen LogP contribution in [-0.4, -0.2) is 24.4 Å². The number of carbonyl (C=O) groups is 1. The predicted octanol–water partition coefficient (Wildman–Crippen LogP) is 1.50. The van der Waals surface area contributed by atoms with Gasteiger partial charge in [-0.1, -0.05) is 12.1 Å². The lowest BCUT2D eigenvalue weighted by atomic mass is 9.90. The van der Waals surface area contributed by atoms with Crippen molar-refractivity contribution in [1.29, 1.82) is 0 Å². The number of carboxylic acids is 1. The zero-order valence-electron chi connectivity index (χ0n) is 8.78. The second kappa shape index (κ2) is 4.25. The topological polar surface area (TPSA) is 72.5 Å². The Morgan fingerprint density at radius 3 is 2.06 bits per heavy atom. The summed E-state index contributed by atoms with van der Waals surface area (Å²) in [5.74, 6) is -1.85. The van der Waals surface area contributed by atoms with Crippen molar-refractivity contribution >= 4 is 5.97 Å². The third-order valence-corrected chi connectivity index (χ3v) is 2.33. The van der Waals surface area contributed by atoms with Crippen LogP contribution in [0.1, 0.15) is 5.56 Å². The highest BCUT2D eigenvalue weighted by molar-refractivity contribution is 5.81. The average Bonchev–Trinajstić information content (AvgIpc) is 2.26. The second-order valence-corrected chi connectivity index (χ2v) is 3.34. The van der Waals surface area contributed by atoms with Crippen molar-refractivity contribution in [2.45, 2.75) is 11.7 Å². The van der Waals surface area contributed by atoms with Gasteiger partial charge in [-0.2, -0.15) is 13.2 Å². The molecular formula is C10H10F3NO3. The molecule has 0 aromatic heterocycles. The Hall–Kier alpha value is -1.76. The fourth-order valence-electron chi connectivity index (χ4n) is 1.26. The van der Waals surface area contributed by atoms with Crippen LogP contribution in [0.4, 0.5) is 13.2 Å². The number of halogens is 3. The number of carboxylic acid groups (broad SMARTS) is 1. The highest BCUT2D eigenvalue weighted by Crippen LogP contribution is 2.37. The summed E-state index contributed by atoms with van der Waals surface area (Å²) < 4.78 is 42.8. The van der Waals surface area contributed by atoms with Gasteiger partial charge in [0, 0.05) is 0 Å². The van der Waals surface area contributed by atoms with Crippen molar-refractivity contribution in [3.8, 4) is 5.75 Å². The van der Waals surface area contributed by atoms with E-state index in [1.165, 1.54) is 19.2 Å². The quantitative estimate of drug-likeness (QED) is 0.851. The molecule has 4 nitrogen and oxygen atoms in total. The number of hydrogen-bond acceptors (Lipinski definition) is 3. The van der Waals surface area contributed by atoms with Crippen molar-refractivity contribution in [3.05, 3.63) is 29.8 Å². The summed E-state index contributed by atoms with van der Waals surface area (Å²) in [5.41, 5.74) is 0.991. The summed E-state index contributed by atoms with van der Waals surface area (Å²) in [7, 11) is 1.34. The lowest BCUT2D eigenvalue weighted by Crippen LogP contribution is -2.56. The normalized spacial score (nSPS) is 15.1. The van der Waals surface area contributed by atoms with Crippen molar-refractivity contribution < 1.29 is 27.8 Å². The summed E-state index contributed by atoms with van der Waals surface area (Å²) in [4.78, 5) is 10.7. The lowest BCUT2D eigenvalue weighted by molar-refractivity contribution is -0.204. The molecule has 0 amide bonds. The monoisotopic (exact) mass is 249 g/mol. The molecule has 1 atom stereocenters. The van der Waals surface area contributed by atoms with E-state index in [-0.39, 0.29) is 0 Å². The smallest absolute Gasteiger partial charge is 0.421 e. The van der Waals surface area contributed by atoms with Gasteiger partial charge in [-0.05, 0) is 17.7 Å². The number of rotatable bonds is 3. The maximum Gasteiger partial charge on any atom is 0.421 e. The molecule has 0 spiro atoms. The van der Waals surface area contributed by atoms with Gasteiger partial charge in [-0.3, -0.25) is 0 Å². The van der Waals surface area contributed by atoms with Gasteiger partial charge in [0.25, 0.3) is 0 Å². The predicted molar refractivity (Wildman–Crippen MR) is 52.6 cm³/mol. The minimum Gasteiger partial charge on any atom is -0.497 e. The Balaban J connectivity index is 3.29. The maximum atomic E-state index is 12.7. The fraction of sp³-hybridized carbons (Fsp3) is 0.300. The van der Waals surface area contributed by atoms with Crippen LogP contribution in [0.25, 0.3) is 0 Å². The van der Waals surface area contributed by atoms with E-state index in [0.29, 0.717) is 5.75 Å². The van der Waals surface area contributed by atoms with Crippen LogP contribution in [0.2, 0.25) is 0 Å². The van der Waals surface area contributed by atoms with E-state index in [0.717, 1.165) is 12.1 Å². The van der Waals surface area contributed by atoms with Gasteiger partial charge < -0.3 is 15.6 Å². The minimum atomic E-state index is -5.09. The molecular weight excluding hydrogens is 239 g/mol. The molecule has 0 unspecified atom stereocenters. The number of methoxy groups -OCH3 is 1. The second-order valence-electron chi connectivity index (χ2n) is 3.34. The van der Waals surface area contributed by atoms with E-state index < -0.39 is 23.2 Å². The van der Waals surface area contributed by atoms with Gasteiger partial charge >= 0.3 is 12.1 Å². The molecule has 0 saturated heterocycles. The highest BCUT2D eigenvalue weighted by Gasteiger charge is 2.59. The van der Waals surface area contributed by atoms with Crippen molar-refractivity contribution in [2.75, 3.05) is 7.11 Å². The molecule has 0 bridgehead atoms. The maximum absolute atomic E-state index is 12.7. The van der Waals surface area contributed by atoms with Crippen molar-refractivity contribution in [2.24, 2.45) is 5.73 Å². The van der Waals surface area contributed by atoms with Crippen LogP contribution in [0.5, 0.6) is 5.75 Å². The number of alkyl halides is 3. The van der Waals surface area contributed by atoms with Crippen molar-refractivity contribution in [1.82, 2.24) is 0 Å². The van der Waals surface area contributed by atoms with Gasteiger partial charge in [0.1, 0.15) is 5.75 Å².